The van der Waals surface area contributed by atoms with E-state index in [1.165, 1.54) is 0 Å². The molecule has 0 aliphatic carbocycles. The van der Waals surface area contributed by atoms with Gasteiger partial charge in [-0.15, -0.1) is 0 Å². The molecule has 2 aromatic rings. The van der Waals surface area contributed by atoms with Crippen LogP contribution in [0, 0.1) is 0 Å². The van der Waals surface area contributed by atoms with Crippen LogP contribution in [0.2, 0.25) is 0 Å². The minimum absolute atomic E-state index is 0. The first-order valence-corrected chi connectivity index (χ1v) is 9.96. The van der Waals surface area contributed by atoms with E-state index in [4.69, 9.17) is 0 Å². The average Bonchev–Trinajstić information content (AvgIpc) is 2.53. The molecular weight excluding hydrogens is 393 g/mol. The van der Waals surface area contributed by atoms with Crippen LogP contribution >= 0.6 is 15.6 Å². The second-order valence-corrected chi connectivity index (χ2v) is 9.17. The summed E-state index contributed by atoms with van der Waals surface area (Å²) in [7, 11) is -3.54. The predicted octanol–water partition coefficient (Wildman–Crippen LogP) is 3.53. The fraction of sp³-hybridized carbons (Fsp3) is 0.250. The van der Waals surface area contributed by atoms with Gasteiger partial charge in [-0.2, -0.15) is 0 Å². The van der Waals surface area contributed by atoms with E-state index in [2.05, 4.69) is 0 Å². The van der Waals surface area contributed by atoms with E-state index in [1.54, 1.807) is 0 Å². The molecule has 0 saturated heterocycles. The predicted molar refractivity (Wildman–Crippen MR) is 89.1 cm³/mol. The number of hydrogen-bond donors (Lipinski definition) is 0. The van der Waals surface area contributed by atoms with Gasteiger partial charge < -0.3 is 9.13 Å². The molecule has 21 heavy (non-hydrogen) atoms. The molecule has 0 aliphatic heterocycles. The second-order valence-electron chi connectivity index (χ2n) is 4.96. The summed E-state index contributed by atoms with van der Waals surface area (Å²) in [5.74, 6) is 0. The van der Waals surface area contributed by atoms with Crippen molar-refractivity contribution < 1.29 is 29.6 Å². The molecule has 0 radical (unpaired) electrons. The molecule has 2 nitrogen and oxygen atoms in total. The summed E-state index contributed by atoms with van der Waals surface area (Å²) >= 11 is 0. The third-order valence-electron chi connectivity index (χ3n) is 3.41. The van der Waals surface area contributed by atoms with Crippen LogP contribution in [0.15, 0.2) is 60.7 Å². The fourth-order valence-electron chi connectivity index (χ4n) is 2.13. The Morgan fingerprint density at radius 3 is 1.86 bits per heavy atom. The van der Waals surface area contributed by atoms with Gasteiger partial charge in [0.15, 0.2) is 0 Å². The SMILES string of the molecule is CC(CC[PH](=O)c1ccccc1)[PH](=O)c1ccccc1.[Pd]. The molecule has 0 aliphatic rings. The normalized spacial score (nSPS) is 14.7. The van der Waals surface area contributed by atoms with Crippen LogP contribution in [0.1, 0.15) is 13.3 Å². The monoisotopic (exact) mass is 412 g/mol. The summed E-state index contributed by atoms with van der Waals surface area (Å²) in [6, 6.07) is 19.2. The molecule has 3 unspecified atom stereocenters. The van der Waals surface area contributed by atoms with E-state index >= 15 is 0 Å². The van der Waals surface area contributed by atoms with Gasteiger partial charge in [-0.05, 0) is 6.42 Å². The maximum Gasteiger partial charge on any atom is 0.106 e. The number of hydrogen-bond acceptors (Lipinski definition) is 2. The Bertz CT molecular complexity index is 588. The van der Waals surface area contributed by atoms with Crippen LogP contribution in [0.3, 0.4) is 0 Å². The van der Waals surface area contributed by atoms with Crippen molar-refractivity contribution in [2.75, 3.05) is 6.16 Å². The third kappa shape index (κ3) is 5.69. The van der Waals surface area contributed by atoms with E-state index < -0.39 is 15.6 Å². The van der Waals surface area contributed by atoms with Gasteiger partial charge in [0.05, 0.1) is 0 Å². The minimum Gasteiger partial charge on any atom is -0.322 e. The van der Waals surface area contributed by atoms with Gasteiger partial charge in [-0.1, -0.05) is 67.6 Å². The molecule has 0 bridgehead atoms. The molecule has 116 valence electrons. The summed E-state index contributed by atoms with van der Waals surface area (Å²) in [6.45, 7) is 1.99. The first kappa shape index (κ1) is 18.6. The summed E-state index contributed by atoms with van der Waals surface area (Å²) < 4.78 is 24.6. The third-order valence-corrected chi connectivity index (χ3v) is 7.21. The largest absolute Gasteiger partial charge is 0.322 e. The van der Waals surface area contributed by atoms with Gasteiger partial charge in [-0.3, -0.25) is 0 Å². The first-order chi connectivity index (χ1) is 9.68. The summed E-state index contributed by atoms with van der Waals surface area (Å²) in [5.41, 5.74) is 0.0973. The Labute approximate surface area is 141 Å². The molecule has 2 aromatic carbocycles. The molecule has 0 aromatic heterocycles. The van der Waals surface area contributed by atoms with E-state index in [0.717, 1.165) is 17.0 Å². The van der Waals surface area contributed by atoms with Crippen molar-refractivity contribution in [2.45, 2.75) is 19.0 Å². The van der Waals surface area contributed by atoms with E-state index in [0.29, 0.717) is 6.16 Å². The molecule has 0 saturated carbocycles. The van der Waals surface area contributed by atoms with Gasteiger partial charge >= 0.3 is 0 Å². The van der Waals surface area contributed by atoms with Gasteiger partial charge in [0.1, 0.15) is 15.6 Å². The molecular formula is C16H20O2P2Pd. The van der Waals surface area contributed by atoms with Crippen LogP contribution in [0.5, 0.6) is 0 Å². The van der Waals surface area contributed by atoms with Gasteiger partial charge in [0, 0.05) is 42.9 Å². The van der Waals surface area contributed by atoms with Crippen molar-refractivity contribution >= 4 is 26.2 Å². The zero-order chi connectivity index (χ0) is 14.4. The van der Waals surface area contributed by atoms with Gasteiger partial charge in [-0.25, -0.2) is 0 Å². The zero-order valence-electron chi connectivity index (χ0n) is 11.9. The average molecular weight is 413 g/mol. The van der Waals surface area contributed by atoms with E-state index in [-0.39, 0.29) is 26.1 Å². The van der Waals surface area contributed by atoms with Crippen LogP contribution in [-0.4, -0.2) is 11.8 Å². The number of benzene rings is 2. The molecule has 3 atom stereocenters. The van der Waals surface area contributed by atoms with Crippen LogP contribution in [0.4, 0.5) is 0 Å². The minimum atomic E-state index is -1.79. The van der Waals surface area contributed by atoms with Crippen molar-refractivity contribution in [3.8, 4) is 0 Å². The Morgan fingerprint density at radius 2 is 1.33 bits per heavy atom. The van der Waals surface area contributed by atoms with Gasteiger partial charge in [0.2, 0.25) is 0 Å². The molecule has 2 rings (SSSR count). The van der Waals surface area contributed by atoms with Crippen LogP contribution < -0.4 is 10.6 Å². The Balaban J connectivity index is 0.00000220. The molecule has 0 amide bonds. The van der Waals surface area contributed by atoms with Crippen molar-refractivity contribution in [1.29, 1.82) is 0 Å². The van der Waals surface area contributed by atoms with Gasteiger partial charge in [0.25, 0.3) is 0 Å². The molecule has 0 N–H and O–H groups in total. The van der Waals surface area contributed by atoms with Crippen LogP contribution in [0.25, 0.3) is 0 Å². The van der Waals surface area contributed by atoms with Crippen molar-refractivity contribution in [2.24, 2.45) is 0 Å². The molecule has 0 spiro atoms. The second kappa shape index (κ2) is 9.55. The molecule has 5 heteroatoms. The standard InChI is InChI=1S/C16H20O2P2.Pd/c1-14(20(18)16-10-6-3-7-11-16)12-13-19(17)15-8-4-2-5-9-15;/h2-11,14,19-20H,12-13H2,1H3;. The Morgan fingerprint density at radius 1 is 0.857 bits per heavy atom. The maximum atomic E-state index is 12.4. The summed E-state index contributed by atoms with van der Waals surface area (Å²) in [6.07, 6.45) is 1.39. The summed E-state index contributed by atoms with van der Waals surface area (Å²) in [4.78, 5) is 0. The molecule has 0 heterocycles. The van der Waals surface area contributed by atoms with Crippen molar-refractivity contribution in [3.05, 3.63) is 60.7 Å². The summed E-state index contributed by atoms with van der Waals surface area (Å²) in [5, 5.41) is 1.84. The van der Waals surface area contributed by atoms with Crippen LogP contribution in [-0.2, 0) is 29.6 Å². The fourth-order valence-corrected chi connectivity index (χ4v) is 5.47. The number of rotatable bonds is 6. The zero-order valence-corrected chi connectivity index (χ0v) is 15.5. The maximum absolute atomic E-state index is 12.4. The topological polar surface area (TPSA) is 34.1 Å². The van der Waals surface area contributed by atoms with Crippen molar-refractivity contribution in [1.82, 2.24) is 0 Å². The smallest absolute Gasteiger partial charge is 0.106 e. The van der Waals surface area contributed by atoms with E-state index in [1.807, 2.05) is 67.6 Å². The van der Waals surface area contributed by atoms with E-state index in [9.17, 15) is 9.13 Å². The molecule has 0 fully saturated rings. The Kier molecular flexibility index (Phi) is 8.47. The van der Waals surface area contributed by atoms with Crippen molar-refractivity contribution in [3.63, 3.8) is 0 Å². The Hall–Kier alpha value is -0.438. The first-order valence-electron chi connectivity index (χ1n) is 6.86. The quantitative estimate of drug-likeness (QED) is 0.537.